The van der Waals surface area contributed by atoms with Crippen molar-refractivity contribution in [3.05, 3.63) is 59.4 Å². The van der Waals surface area contributed by atoms with E-state index in [2.05, 4.69) is 31.0 Å². The van der Waals surface area contributed by atoms with Gasteiger partial charge in [-0.3, -0.25) is 9.89 Å². The van der Waals surface area contributed by atoms with Gasteiger partial charge in [-0.25, -0.2) is 14.2 Å². The van der Waals surface area contributed by atoms with Crippen molar-refractivity contribution in [2.24, 2.45) is 0 Å². The molecule has 216 valence electrons. The van der Waals surface area contributed by atoms with E-state index in [-0.39, 0.29) is 36.3 Å². The van der Waals surface area contributed by atoms with Gasteiger partial charge in [-0.15, -0.1) is 0 Å². The minimum Gasteiger partial charge on any atom is -0.363 e. The molecule has 1 fully saturated rings. The van der Waals surface area contributed by atoms with E-state index >= 15 is 4.39 Å². The zero-order valence-corrected chi connectivity index (χ0v) is 23.9. The Hall–Kier alpha value is -4.48. The highest BCUT2D eigenvalue weighted by atomic mass is 19.1. The molecule has 1 saturated heterocycles. The number of halogens is 1. The molecule has 1 aromatic carbocycles. The van der Waals surface area contributed by atoms with Crippen LogP contribution in [0.4, 0.5) is 15.0 Å². The molecule has 4 heterocycles. The first-order chi connectivity index (χ1) is 19.6. The molecule has 2 atom stereocenters. The smallest absolute Gasteiger partial charge is 0.319 e. The van der Waals surface area contributed by atoms with Crippen LogP contribution in [-0.2, 0) is 6.54 Å². The number of rotatable bonds is 7. The second-order valence-corrected chi connectivity index (χ2v) is 10.9. The van der Waals surface area contributed by atoms with Crippen molar-refractivity contribution in [1.29, 1.82) is 0 Å². The number of pyridine rings is 1. The topological polar surface area (TPSA) is 132 Å². The fourth-order valence-electron chi connectivity index (χ4n) is 5.13. The largest absolute Gasteiger partial charge is 0.363 e. The normalized spacial score (nSPS) is 17.2. The number of likely N-dealkylation sites (tertiary alicyclic amines) is 1. The van der Waals surface area contributed by atoms with E-state index in [1.165, 1.54) is 6.07 Å². The average Bonchev–Trinajstić information content (AvgIpc) is 3.61. The molecule has 5 rings (SSSR count). The molecule has 41 heavy (non-hydrogen) atoms. The van der Waals surface area contributed by atoms with Crippen LogP contribution in [0.25, 0.3) is 22.2 Å². The highest BCUT2D eigenvalue weighted by Gasteiger charge is 2.32. The minimum absolute atomic E-state index is 0.000821. The summed E-state index contributed by atoms with van der Waals surface area (Å²) in [5.41, 5.74) is 2.47. The lowest BCUT2D eigenvalue weighted by atomic mass is 9.97. The third-order valence-electron chi connectivity index (χ3n) is 7.53. The second-order valence-electron chi connectivity index (χ2n) is 10.9. The van der Waals surface area contributed by atoms with Crippen LogP contribution in [0.3, 0.4) is 0 Å². The van der Waals surface area contributed by atoms with Gasteiger partial charge in [0.2, 0.25) is 0 Å². The molecular formula is C29H35FN8O3. The van der Waals surface area contributed by atoms with Gasteiger partial charge in [0.05, 0.1) is 11.4 Å². The zero-order chi connectivity index (χ0) is 29.3. The SMILES string of the molecule is CC(C)c1cc(C(=O)NCc2ccc(-c3ccnc4[nH]nc(N[C@@H]5CCCN(C(=O)N(C)C)[C@@H]5C)c34)cc2F)no1. The molecule has 3 aromatic heterocycles. The minimum atomic E-state index is -0.451. The van der Waals surface area contributed by atoms with Gasteiger partial charge in [-0.2, -0.15) is 5.10 Å². The summed E-state index contributed by atoms with van der Waals surface area (Å²) in [7, 11) is 3.51. The summed E-state index contributed by atoms with van der Waals surface area (Å²) in [4.78, 5) is 33.0. The Morgan fingerprint density at radius 2 is 2.05 bits per heavy atom. The number of benzene rings is 1. The van der Waals surface area contributed by atoms with Crippen LogP contribution < -0.4 is 10.6 Å². The fraction of sp³-hybridized carbons (Fsp3) is 0.414. The summed E-state index contributed by atoms with van der Waals surface area (Å²) in [5, 5.41) is 18.2. The predicted octanol–water partition coefficient (Wildman–Crippen LogP) is 4.75. The molecule has 11 nitrogen and oxygen atoms in total. The van der Waals surface area contributed by atoms with Crippen LogP contribution >= 0.6 is 0 Å². The number of hydrogen-bond acceptors (Lipinski definition) is 7. The van der Waals surface area contributed by atoms with Crippen molar-refractivity contribution >= 4 is 28.8 Å². The Bertz CT molecular complexity index is 1560. The molecule has 3 N–H and O–H groups in total. The maximum absolute atomic E-state index is 15.3. The summed E-state index contributed by atoms with van der Waals surface area (Å²) < 4.78 is 20.4. The highest BCUT2D eigenvalue weighted by molar-refractivity contribution is 6.00. The lowest BCUT2D eigenvalue weighted by Crippen LogP contribution is -2.54. The fourth-order valence-corrected chi connectivity index (χ4v) is 5.13. The standard InChI is InChI=1S/C29H35FN8O3/c1-16(2)24-14-23(36-41-24)28(39)32-15-19-9-8-18(13-21(19)30)20-10-11-31-26-25(20)27(35-34-26)33-22-7-6-12-38(17(22)3)29(40)37(4)5/h8-11,13-14,16-17,22H,6-7,12,15H2,1-5H3,(H,32,39)(H2,31,33,34,35)/t17-,22-/m1/s1. The molecule has 0 saturated carbocycles. The highest BCUT2D eigenvalue weighted by Crippen LogP contribution is 2.34. The van der Waals surface area contributed by atoms with E-state index in [1.54, 1.807) is 37.3 Å². The van der Waals surface area contributed by atoms with E-state index < -0.39 is 11.7 Å². The van der Waals surface area contributed by atoms with Crippen LogP contribution in [0, 0.1) is 5.82 Å². The molecular weight excluding hydrogens is 527 g/mol. The van der Waals surface area contributed by atoms with Gasteiger partial charge in [0, 0.05) is 57.0 Å². The Morgan fingerprint density at radius 1 is 1.24 bits per heavy atom. The lowest BCUT2D eigenvalue weighted by Gasteiger charge is -2.40. The number of hydrogen-bond donors (Lipinski definition) is 3. The molecule has 0 unspecified atom stereocenters. The van der Waals surface area contributed by atoms with E-state index in [1.807, 2.05) is 37.8 Å². The van der Waals surface area contributed by atoms with Crippen LogP contribution in [0.1, 0.15) is 61.3 Å². The molecule has 0 spiro atoms. The van der Waals surface area contributed by atoms with E-state index in [0.717, 1.165) is 23.8 Å². The van der Waals surface area contributed by atoms with Gasteiger partial charge in [0.1, 0.15) is 11.6 Å². The number of aromatic nitrogens is 4. The number of anilines is 1. The summed E-state index contributed by atoms with van der Waals surface area (Å²) in [6.45, 7) is 6.62. The van der Waals surface area contributed by atoms with Gasteiger partial charge >= 0.3 is 6.03 Å². The number of piperidine rings is 1. The first-order valence-electron chi connectivity index (χ1n) is 13.7. The van der Waals surface area contributed by atoms with Gasteiger partial charge < -0.3 is 25.0 Å². The number of carbonyl (C=O) groups is 2. The molecule has 1 aliphatic heterocycles. The van der Waals surface area contributed by atoms with Crippen LogP contribution in [-0.4, -0.2) is 74.8 Å². The number of H-pyrrole nitrogens is 1. The third-order valence-corrected chi connectivity index (χ3v) is 7.53. The van der Waals surface area contributed by atoms with E-state index in [9.17, 15) is 9.59 Å². The number of nitrogens with zero attached hydrogens (tertiary/aromatic N) is 5. The maximum atomic E-state index is 15.3. The number of urea groups is 1. The van der Waals surface area contributed by atoms with Crippen LogP contribution in [0.5, 0.6) is 0 Å². The molecule has 3 amide bonds. The first-order valence-corrected chi connectivity index (χ1v) is 13.7. The average molecular weight is 563 g/mol. The Kier molecular flexibility index (Phi) is 7.91. The van der Waals surface area contributed by atoms with Gasteiger partial charge in [0.15, 0.2) is 17.2 Å². The molecule has 4 aromatic rings. The second kappa shape index (κ2) is 11.6. The van der Waals surface area contributed by atoms with Gasteiger partial charge in [-0.05, 0) is 43.0 Å². The molecule has 12 heteroatoms. The number of aromatic amines is 1. The predicted molar refractivity (Wildman–Crippen MR) is 153 cm³/mol. The van der Waals surface area contributed by atoms with Crippen LogP contribution in [0.15, 0.2) is 41.1 Å². The molecule has 0 bridgehead atoms. The van der Waals surface area contributed by atoms with E-state index in [0.29, 0.717) is 34.9 Å². The van der Waals surface area contributed by atoms with Crippen molar-refractivity contribution in [1.82, 2.24) is 35.5 Å². The summed E-state index contributed by atoms with van der Waals surface area (Å²) in [6.07, 6.45) is 3.40. The quantitative estimate of drug-likeness (QED) is 0.296. The van der Waals surface area contributed by atoms with Gasteiger partial charge in [-0.1, -0.05) is 31.1 Å². The van der Waals surface area contributed by atoms with Crippen molar-refractivity contribution < 1.29 is 18.5 Å². The summed E-state index contributed by atoms with van der Waals surface area (Å²) in [6, 6.07) is 8.23. The van der Waals surface area contributed by atoms with Gasteiger partial charge in [0.25, 0.3) is 5.91 Å². The van der Waals surface area contributed by atoms with Crippen molar-refractivity contribution in [3.63, 3.8) is 0 Å². The number of fused-ring (bicyclic) bond motifs is 1. The molecule has 0 radical (unpaired) electrons. The molecule has 1 aliphatic rings. The number of amides is 3. The van der Waals surface area contributed by atoms with Crippen molar-refractivity contribution in [3.8, 4) is 11.1 Å². The van der Waals surface area contributed by atoms with Crippen molar-refractivity contribution in [2.75, 3.05) is 26.0 Å². The summed E-state index contributed by atoms with van der Waals surface area (Å²) >= 11 is 0. The maximum Gasteiger partial charge on any atom is 0.319 e. The lowest BCUT2D eigenvalue weighted by molar-refractivity contribution is 0.0941. The Morgan fingerprint density at radius 3 is 2.76 bits per heavy atom. The number of nitrogens with one attached hydrogen (secondary N) is 3. The van der Waals surface area contributed by atoms with Crippen LogP contribution in [0.2, 0.25) is 0 Å². The van der Waals surface area contributed by atoms with Crippen molar-refractivity contribution in [2.45, 2.75) is 58.2 Å². The number of carbonyl (C=O) groups excluding carboxylic acids is 2. The Labute approximate surface area is 237 Å². The monoisotopic (exact) mass is 562 g/mol. The molecule has 0 aliphatic carbocycles. The first kappa shape index (κ1) is 28.1. The third kappa shape index (κ3) is 5.72. The Balaban J connectivity index is 1.35. The zero-order valence-electron chi connectivity index (χ0n) is 23.9. The summed E-state index contributed by atoms with van der Waals surface area (Å²) in [5.74, 6) is 0.432. The van der Waals surface area contributed by atoms with E-state index in [4.69, 9.17) is 4.52 Å².